The molecule has 3 nitrogen and oxygen atoms in total. The third-order valence-corrected chi connectivity index (χ3v) is 3.91. The van der Waals surface area contributed by atoms with Crippen LogP contribution in [0.25, 0.3) is 0 Å². The summed E-state index contributed by atoms with van der Waals surface area (Å²) in [5, 5.41) is 0. The van der Waals surface area contributed by atoms with Crippen LogP contribution in [-0.2, 0) is 25.8 Å². The molecule has 1 aromatic carbocycles. The Morgan fingerprint density at radius 2 is 2.25 bits per heavy atom. The van der Waals surface area contributed by atoms with Gasteiger partial charge in [0.25, 0.3) is 0 Å². The molecule has 80 valence electrons. The third-order valence-electron chi connectivity index (χ3n) is 2.31. The van der Waals surface area contributed by atoms with Crippen molar-refractivity contribution in [3.63, 3.8) is 0 Å². The van der Waals surface area contributed by atoms with Crippen molar-refractivity contribution in [1.29, 1.82) is 0 Å². The average molecular weight is 380 g/mol. The zero-order valence-corrected chi connectivity index (χ0v) is 11.5. The van der Waals surface area contributed by atoms with Crippen LogP contribution in [0.3, 0.4) is 0 Å². The van der Waals surface area contributed by atoms with E-state index in [2.05, 4.69) is 16.1 Å². The first-order valence-corrected chi connectivity index (χ1v) is 6.26. The maximum absolute atomic E-state index is 5.78. The van der Waals surface area contributed by atoms with Gasteiger partial charge >= 0.3 is 105 Å². The molecule has 1 aliphatic heterocycles. The van der Waals surface area contributed by atoms with Crippen molar-refractivity contribution in [2.75, 3.05) is 0 Å². The molecule has 1 aromatic rings. The van der Waals surface area contributed by atoms with Crippen LogP contribution in [-0.4, -0.2) is 15.4 Å². The van der Waals surface area contributed by atoms with Crippen molar-refractivity contribution in [1.82, 2.24) is 0 Å². The van der Waals surface area contributed by atoms with Gasteiger partial charge in [-0.25, -0.2) is 0 Å². The molecule has 2 rings (SSSR count). The van der Waals surface area contributed by atoms with Crippen molar-refractivity contribution in [2.24, 2.45) is 15.7 Å². The van der Waals surface area contributed by atoms with Gasteiger partial charge in [0.1, 0.15) is 0 Å². The molecule has 0 atom stereocenters. The van der Waals surface area contributed by atoms with E-state index in [1.165, 1.54) is 31.1 Å². The Balaban J connectivity index is 2.26. The van der Waals surface area contributed by atoms with Crippen LogP contribution in [0, 0.1) is 6.58 Å². The van der Waals surface area contributed by atoms with Crippen molar-refractivity contribution in [3.8, 4) is 0 Å². The molecule has 1 heterocycles. The molecule has 4 heteroatoms. The van der Waals surface area contributed by atoms with Gasteiger partial charge in [-0.1, -0.05) is 0 Å². The summed E-state index contributed by atoms with van der Waals surface area (Å²) in [5.74, 6) is 0.462. The van der Waals surface area contributed by atoms with E-state index < -0.39 is 0 Å². The predicted molar refractivity (Wildman–Crippen MR) is 62.7 cm³/mol. The van der Waals surface area contributed by atoms with E-state index in [1.807, 2.05) is 18.2 Å². The molecule has 0 radical (unpaired) electrons. The first-order valence-electron chi connectivity index (χ1n) is 4.79. The van der Waals surface area contributed by atoms with Gasteiger partial charge in [0.15, 0.2) is 0 Å². The molecule has 0 saturated heterocycles. The number of nitrogens with two attached hydrogens (primary N) is 1. The predicted octanol–water partition coefficient (Wildman–Crippen LogP) is 1.34. The maximum atomic E-state index is 5.78. The molecule has 0 amide bonds. The van der Waals surface area contributed by atoms with E-state index in [0.717, 1.165) is 21.7 Å². The summed E-state index contributed by atoms with van der Waals surface area (Å²) in [6.45, 7) is 5.21. The Labute approximate surface area is 105 Å². The second-order valence-electron chi connectivity index (χ2n) is 3.36. The summed E-state index contributed by atoms with van der Waals surface area (Å²) in [5.41, 5.74) is 9.05. The summed E-state index contributed by atoms with van der Waals surface area (Å²) in [6.07, 6.45) is 2.04. The molecule has 1 aliphatic rings. The summed E-state index contributed by atoms with van der Waals surface area (Å²) < 4.78 is 0.970. The molecule has 0 aliphatic carbocycles. The molecular formula is C12H10N3W-. The fourth-order valence-corrected chi connectivity index (χ4v) is 2.17. The Morgan fingerprint density at radius 3 is 2.94 bits per heavy atom. The van der Waals surface area contributed by atoms with E-state index in [9.17, 15) is 0 Å². The van der Waals surface area contributed by atoms with E-state index in [-0.39, 0.29) is 0 Å². The van der Waals surface area contributed by atoms with Crippen molar-refractivity contribution in [2.45, 2.75) is 6.42 Å². The van der Waals surface area contributed by atoms with E-state index in [4.69, 9.17) is 12.3 Å². The quantitative estimate of drug-likeness (QED) is 0.481. The van der Waals surface area contributed by atoms with Gasteiger partial charge in [0.2, 0.25) is 0 Å². The molecule has 0 bridgehead atoms. The molecule has 0 saturated carbocycles. The van der Waals surface area contributed by atoms with Crippen LogP contribution in [0.15, 0.2) is 40.5 Å². The summed E-state index contributed by atoms with van der Waals surface area (Å²) in [6, 6.07) is 8.09. The molecule has 0 fully saturated rings. The topological polar surface area (TPSA) is 50.7 Å². The zero-order valence-electron chi connectivity index (χ0n) is 8.55. The Bertz CT molecular complexity index is 515. The van der Waals surface area contributed by atoms with E-state index in [0.29, 0.717) is 5.84 Å². The molecular weight excluding hydrogens is 370 g/mol. The number of amidine groups is 1. The number of nitrogens with zero attached hydrogens (tertiary/aromatic N) is 2. The van der Waals surface area contributed by atoms with Crippen LogP contribution in [0.2, 0.25) is 0 Å². The van der Waals surface area contributed by atoms with Crippen LogP contribution in [0.1, 0.15) is 5.56 Å². The molecule has 0 aromatic heterocycles. The number of para-hydroxylation sites is 1. The van der Waals surface area contributed by atoms with Gasteiger partial charge in [0, 0.05) is 0 Å². The number of rotatable bonds is 3. The minimum atomic E-state index is 0.462. The van der Waals surface area contributed by atoms with Crippen LogP contribution in [0.4, 0.5) is 5.69 Å². The fourth-order valence-electron chi connectivity index (χ4n) is 1.55. The first kappa shape index (κ1) is 11.2. The minimum absolute atomic E-state index is 0.462. The van der Waals surface area contributed by atoms with Gasteiger partial charge in [-0.15, -0.1) is 0 Å². The Hall–Kier alpha value is -1.34. The fraction of sp³-hybridized carbons (Fsp3) is 0.0833. The van der Waals surface area contributed by atoms with Gasteiger partial charge in [-0.3, -0.25) is 0 Å². The van der Waals surface area contributed by atoms with Gasteiger partial charge < -0.3 is 0 Å². The zero-order chi connectivity index (χ0) is 11.5. The number of aliphatic imine (C=N–C) groups is 2. The van der Waals surface area contributed by atoms with E-state index in [1.54, 1.807) is 0 Å². The van der Waals surface area contributed by atoms with E-state index >= 15 is 0 Å². The molecule has 0 unspecified atom stereocenters. The first-order chi connectivity index (χ1) is 7.72. The SMILES string of the molecule is [CH-]=CN=C(N)[C](=[W])C1=Nc2ccccc2C1. The number of hydrogen-bond acceptors (Lipinski definition) is 2. The normalized spacial score (nSPS) is 14.2. The molecule has 16 heavy (non-hydrogen) atoms. The monoisotopic (exact) mass is 380 g/mol. The standard InChI is InChI=1S/C12H10N3.W/c1-2-14-12(13)8-10-7-9-5-3-4-6-11(9)15-10;/h1-6H,7H2,(H2,13,14);/q-1;. The van der Waals surface area contributed by atoms with Crippen molar-refractivity contribution < 1.29 is 19.4 Å². The Morgan fingerprint density at radius 1 is 1.50 bits per heavy atom. The average Bonchev–Trinajstić information content (AvgIpc) is 2.71. The Kier molecular flexibility index (Phi) is 3.25. The van der Waals surface area contributed by atoms with Gasteiger partial charge in [-0.2, -0.15) is 0 Å². The molecule has 2 N–H and O–H groups in total. The number of hydrogen-bond donors (Lipinski definition) is 1. The van der Waals surface area contributed by atoms with Gasteiger partial charge in [0.05, 0.1) is 0 Å². The summed E-state index contributed by atoms with van der Waals surface area (Å²) in [7, 11) is 0. The number of benzene rings is 1. The van der Waals surface area contributed by atoms with Crippen LogP contribution in [0.5, 0.6) is 0 Å². The summed E-state index contributed by atoms with van der Waals surface area (Å²) >= 11 is 1.25. The second kappa shape index (κ2) is 4.67. The van der Waals surface area contributed by atoms with Crippen molar-refractivity contribution in [3.05, 3.63) is 42.6 Å². The van der Waals surface area contributed by atoms with Crippen LogP contribution < -0.4 is 5.73 Å². The second-order valence-corrected chi connectivity index (χ2v) is 4.82. The molecule has 0 spiro atoms. The van der Waals surface area contributed by atoms with Gasteiger partial charge in [-0.05, 0) is 0 Å². The third kappa shape index (κ3) is 2.09. The summed E-state index contributed by atoms with van der Waals surface area (Å²) in [4.78, 5) is 8.42. The van der Waals surface area contributed by atoms with Crippen LogP contribution >= 0.6 is 0 Å². The number of fused-ring (bicyclic) bond motifs is 1. The van der Waals surface area contributed by atoms with Crippen molar-refractivity contribution >= 4 is 21.1 Å².